The number of ether oxygens (including phenoxy) is 1. The molecule has 106 valence electrons. The van der Waals surface area contributed by atoms with Gasteiger partial charge in [0.15, 0.2) is 0 Å². The second-order valence-electron chi connectivity index (χ2n) is 4.67. The van der Waals surface area contributed by atoms with Crippen molar-refractivity contribution in [2.24, 2.45) is 5.73 Å². The molecule has 1 saturated heterocycles. The molecule has 0 radical (unpaired) electrons. The fraction of sp³-hybridized carbons (Fsp3) is 0.917. The number of nitrogens with zero attached hydrogens (tertiary/aromatic N) is 3. The van der Waals surface area contributed by atoms with Crippen LogP contribution in [0, 0.1) is 0 Å². The zero-order valence-corrected chi connectivity index (χ0v) is 12.0. The summed E-state index contributed by atoms with van der Waals surface area (Å²) >= 11 is 0. The molecular weight excluding hydrogens is 232 g/mol. The Morgan fingerprint density at radius 2 is 1.78 bits per heavy atom. The summed E-state index contributed by atoms with van der Waals surface area (Å²) in [5.41, 5.74) is 5.75. The van der Waals surface area contributed by atoms with E-state index in [0.29, 0.717) is 13.2 Å². The van der Waals surface area contributed by atoms with Gasteiger partial charge in [-0.25, -0.2) is 0 Å². The molecule has 1 fully saturated rings. The van der Waals surface area contributed by atoms with Gasteiger partial charge in [0, 0.05) is 13.1 Å². The number of likely N-dealkylation sites (N-methyl/N-ethyl adjacent to an activating group) is 2. The second-order valence-corrected chi connectivity index (χ2v) is 4.67. The molecule has 1 heterocycles. The Hall–Kier alpha value is -0.690. The van der Waals surface area contributed by atoms with Crippen LogP contribution in [0.5, 0.6) is 0 Å². The van der Waals surface area contributed by atoms with Crippen LogP contribution in [0.3, 0.4) is 0 Å². The van der Waals surface area contributed by atoms with E-state index in [1.807, 2.05) is 32.8 Å². The number of hydrogen-bond donors (Lipinski definition) is 1. The fourth-order valence-corrected chi connectivity index (χ4v) is 2.84. The lowest BCUT2D eigenvalue weighted by atomic mass is 10.1. The summed E-state index contributed by atoms with van der Waals surface area (Å²) < 4.78 is 5.37. The van der Waals surface area contributed by atoms with Gasteiger partial charge in [0.05, 0.1) is 13.2 Å². The van der Waals surface area contributed by atoms with Gasteiger partial charge in [0.2, 0.25) is 5.79 Å². The normalized spacial score (nSPS) is 21.2. The van der Waals surface area contributed by atoms with E-state index in [1.165, 1.54) is 0 Å². The lowest BCUT2D eigenvalue weighted by Gasteiger charge is -2.52. The van der Waals surface area contributed by atoms with Crippen molar-refractivity contribution in [3.05, 3.63) is 0 Å². The van der Waals surface area contributed by atoms with Crippen LogP contribution in [-0.2, 0) is 9.53 Å². The summed E-state index contributed by atoms with van der Waals surface area (Å²) in [4.78, 5) is 18.3. The van der Waals surface area contributed by atoms with E-state index >= 15 is 0 Å². The smallest absolute Gasteiger partial charge is 0.268 e. The maximum Gasteiger partial charge on any atom is 0.268 e. The number of rotatable bonds is 6. The Morgan fingerprint density at radius 1 is 1.28 bits per heavy atom. The van der Waals surface area contributed by atoms with Crippen LogP contribution in [0.15, 0.2) is 0 Å². The topological polar surface area (TPSA) is 62.0 Å². The van der Waals surface area contributed by atoms with Gasteiger partial charge >= 0.3 is 0 Å². The molecule has 0 aromatic rings. The summed E-state index contributed by atoms with van der Waals surface area (Å²) in [6, 6.07) is 0. The Kier molecular flexibility index (Phi) is 5.52. The lowest BCUT2D eigenvalue weighted by molar-refractivity contribution is -0.185. The van der Waals surface area contributed by atoms with Crippen molar-refractivity contribution >= 4 is 5.91 Å². The van der Waals surface area contributed by atoms with Crippen molar-refractivity contribution < 1.29 is 9.53 Å². The highest BCUT2D eigenvalue weighted by atomic mass is 16.5. The maximum atomic E-state index is 12.2. The molecule has 6 nitrogen and oxygen atoms in total. The van der Waals surface area contributed by atoms with Gasteiger partial charge in [-0.1, -0.05) is 13.8 Å². The molecule has 6 heteroatoms. The van der Waals surface area contributed by atoms with Crippen LogP contribution in [0.1, 0.15) is 13.8 Å². The summed E-state index contributed by atoms with van der Waals surface area (Å²) in [6.45, 7) is 8.36. The van der Waals surface area contributed by atoms with Crippen molar-refractivity contribution in [3.8, 4) is 0 Å². The van der Waals surface area contributed by atoms with Crippen LogP contribution in [0.4, 0.5) is 0 Å². The standard InChI is InChI=1S/C12H26N4O2/c1-5-15(6-2)12(11(13)17,14(3)4)16-7-9-18-10-8-16/h5-10H2,1-4H3,(H2,13,17). The molecular formula is C12H26N4O2. The van der Waals surface area contributed by atoms with Crippen molar-refractivity contribution in [1.29, 1.82) is 0 Å². The molecule has 18 heavy (non-hydrogen) atoms. The minimum atomic E-state index is -0.854. The van der Waals surface area contributed by atoms with Gasteiger partial charge in [-0.15, -0.1) is 0 Å². The fourth-order valence-electron chi connectivity index (χ4n) is 2.84. The van der Waals surface area contributed by atoms with Crippen LogP contribution < -0.4 is 5.73 Å². The number of carbonyl (C=O) groups is 1. The number of amides is 1. The molecule has 1 unspecified atom stereocenters. The second kappa shape index (κ2) is 6.47. The molecule has 1 atom stereocenters. The maximum absolute atomic E-state index is 12.2. The van der Waals surface area contributed by atoms with E-state index in [2.05, 4.69) is 9.80 Å². The van der Waals surface area contributed by atoms with Crippen LogP contribution in [0.2, 0.25) is 0 Å². The molecule has 0 spiro atoms. The minimum absolute atomic E-state index is 0.321. The van der Waals surface area contributed by atoms with Gasteiger partial charge in [-0.2, -0.15) is 0 Å². The molecule has 1 aliphatic heterocycles. The largest absolute Gasteiger partial charge is 0.379 e. The molecule has 0 aromatic carbocycles. The summed E-state index contributed by atoms with van der Waals surface area (Å²) in [6.07, 6.45) is 0. The quantitative estimate of drug-likeness (QED) is 0.642. The van der Waals surface area contributed by atoms with Crippen LogP contribution in [-0.4, -0.2) is 79.9 Å². The van der Waals surface area contributed by atoms with Crippen molar-refractivity contribution in [2.45, 2.75) is 19.6 Å². The summed E-state index contributed by atoms with van der Waals surface area (Å²) in [5, 5.41) is 0. The van der Waals surface area contributed by atoms with Crippen molar-refractivity contribution in [3.63, 3.8) is 0 Å². The molecule has 0 aliphatic carbocycles. The van der Waals surface area contributed by atoms with E-state index in [4.69, 9.17) is 10.5 Å². The third kappa shape index (κ3) is 2.51. The van der Waals surface area contributed by atoms with Crippen molar-refractivity contribution in [1.82, 2.24) is 14.7 Å². The molecule has 2 N–H and O–H groups in total. The van der Waals surface area contributed by atoms with E-state index in [1.54, 1.807) is 0 Å². The third-order valence-electron chi connectivity index (χ3n) is 3.61. The zero-order valence-electron chi connectivity index (χ0n) is 12.0. The van der Waals surface area contributed by atoms with Gasteiger partial charge in [-0.05, 0) is 27.2 Å². The van der Waals surface area contributed by atoms with Crippen molar-refractivity contribution in [2.75, 3.05) is 53.5 Å². The van der Waals surface area contributed by atoms with E-state index < -0.39 is 5.79 Å². The highest BCUT2D eigenvalue weighted by molar-refractivity contribution is 5.83. The molecule has 1 rings (SSSR count). The first kappa shape index (κ1) is 15.4. The predicted octanol–water partition coefficient (Wildman–Crippen LogP) is -0.639. The number of hydrogen-bond acceptors (Lipinski definition) is 5. The minimum Gasteiger partial charge on any atom is -0.379 e. The van der Waals surface area contributed by atoms with E-state index in [9.17, 15) is 4.79 Å². The first-order valence-electron chi connectivity index (χ1n) is 6.56. The SMILES string of the molecule is CCN(CC)C(C(N)=O)(N(C)C)N1CCOCC1. The molecule has 1 aliphatic rings. The molecule has 0 bridgehead atoms. The Labute approximate surface area is 110 Å². The third-order valence-corrected chi connectivity index (χ3v) is 3.61. The number of morpholine rings is 1. The highest BCUT2D eigenvalue weighted by Gasteiger charge is 2.49. The van der Waals surface area contributed by atoms with Gasteiger partial charge < -0.3 is 10.5 Å². The number of primary amides is 1. The highest BCUT2D eigenvalue weighted by Crippen LogP contribution is 2.24. The van der Waals surface area contributed by atoms with Gasteiger partial charge in [0.25, 0.3) is 5.91 Å². The Balaban J connectivity index is 3.14. The summed E-state index contributed by atoms with van der Waals surface area (Å²) in [5.74, 6) is -1.18. The molecule has 0 aromatic heterocycles. The average Bonchev–Trinajstić information content (AvgIpc) is 2.35. The molecule has 0 saturated carbocycles. The Morgan fingerprint density at radius 3 is 2.11 bits per heavy atom. The lowest BCUT2D eigenvalue weighted by Crippen LogP contribution is -2.75. The number of carbonyl (C=O) groups excluding carboxylic acids is 1. The van der Waals surface area contributed by atoms with Crippen LogP contribution in [0.25, 0.3) is 0 Å². The predicted molar refractivity (Wildman–Crippen MR) is 70.9 cm³/mol. The van der Waals surface area contributed by atoms with Gasteiger partial charge in [0.1, 0.15) is 0 Å². The van der Waals surface area contributed by atoms with E-state index in [0.717, 1.165) is 26.2 Å². The molecule has 1 amide bonds. The zero-order chi connectivity index (χ0) is 13.8. The number of nitrogens with two attached hydrogens (primary N) is 1. The average molecular weight is 258 g/mol. The monoisotopic (exact) mass is 258 g/mol. The Bertz CT molecular complexity index is 275. The van der Waals surface area contributed by atoms with Gasteiger partial charge in [-0.3, -0.25) is 19.5 Å². The van der Waals surface area contributed by atoms with E-state index in [-0.39, 0.29) is 5.91 Å². The first-order valence-corrected chi connectivity index (χ1v) is 6.56. The first-order chi connectivity index (χ1) is 8.51. The summed E-state index contributed by atoms with van der Waals surface area (Å²) in [7, 11) is 3.80. The van der Waals surface area contributed by atoms with Crippen LogP contribution >= 0.6 is 0 Å².